The average Bonchev–Trinajstić information content (AvgIpc) is 3.14. The van der Waals surface area contributed by atoms with E-state index in [1.54, 1.807) is 6.20 Å². The molecule has 4 nitrogen and oxygen atoms in total. The van der Waals surface area contributed by atoms with E-state index >= 15 is 0 Å². The molecule has 1 aromatic carbocycles. The van der Waals surface area contributed by atoms with Gasteiger partial charge in [-0.25, -0.2) is 4.98 Å². The summed E-state index contributed by atoms with van der Waals surface area (Å²) in [5.74, 6) is 0.503. The summed E-state index contributed by atoms with van der Waals surface area (Å²) < 4.78 is 0. The van der Waals surface area contributed by atoms with Crippen LogP contribution in [0.2, 0.25) is 0 Å². The third kappa shape index (κ3) is 4.23. The first-order valence-electron chi connectivity index (χ1n) is 7.21. The summed E-state index contributed by atoms with van der Waals surface area (Å²) >= 11 is 1.46. The van der Waals surface area contributed by atoms with E-state index in [0.29, 0.717) is 17.3 Å². The summed E-state index contributed by atoms with van der Waals surface area (Å²) in [7, 11) is 0. The lowest BCUT2D eigenvalue weighted by Gasteiger charge is -2.20. The number of nitrogens with zero attached hydrogens (tertiary/aromatic N) is 2. The van der Waals surface area contributed by atoms with E-state index in [2.05, 4.69) is 11.9 Å². The first-order chi connectivity index (χ1) is 10.2. The molecular weight excluding hydrogens is 353 g/mol. The molecule has 7 heteroatoms. The van der Waals surface area contributed by atoms with E-state index in [0.717, 1.165) is 23.5 Å². The van der Waals surface area contributed by atoms with Crippen molar-refractivity contribution in [2.24, 2.45) is 11.7 Å². The number of thiazole rings is 1. The van der Waals surface area contributed by atoms with Gasteiger partial charge >= 0.3 is 0 Å². The van der Waals surface area contributed by atoms with Crippen LogP contribution >= 0.6 is 36.2 Å². The average molecular weight is 374 g/mol. The van der Waals surface area contributed by atoms with Gasteiger partial charge in [0.25, 0.3) is 5.91 Å². The standard InChI is InChI=1S/C16H19N3OS.2ClH/c1-11-7-12(8-17)10-19(11)16(20)14-9-18-15(21-14)13-5-3-2-4-6-13;;/h2-6,9,11-12H,7-8,10,17H2,1H3;2*1H. The Kier molecular flexibility index (Phi) is 7.48. The normalized spacial score (nSPS) is 19.8. The highest BCUT2D eigenvalue weighted by Gasteiger charge is 2.32. The van der Waals surface area contributed by atoms with Gasteiger partial charge in [0.15, 0.2) is 0 Å². The second-order valence-corrected chi connectivity index (χ2v) is 6.57. The lowest BCUT2D eigenvalue weighted by Crippen LogP contribution is -2.33. The van der Waals surface area contributed by atoms with Crippen molar-refractivity contribution in [3.05, 3.63) is 41.4 Å². The molecule has 3 rings (SSSR count). The number of halogens is 2. The van der Waals surface area contributed by atoms with Gasteiger partial charge in [-0.2, -0.15) is 0 Å². The van der Waals surface area contributed by atoms with E-state index in [4.69, 9.17) is 5.73 Å². The Morgan fingerprint density at radius 3 is 2.65 bits per heavy atom. The molecule has 1 amide bonds. The molecule has 2 aromatic rings. The summed E-state index contributed by atoms with van der Waals surface area (Å²) in [6.45, 7) is 3.49. The van der Waals surface area contributed by atoms with E-state index < -0.39 is 0 Å². The van der Waals surface area contributed by atoms with Crippen molar-refractivity contribution in [2.75, 3.05) is 13.1 Å². The Hall–Kier alpha value is -1.14. The number of hydrogen-bond acceptors (Lipinski definition) is 4. The molecule has 1 aromatic heterocycles. The second kappa shape index (κ2) is 8.64. The van der Waals surface area contributed by atoms with Crippen LogP contribution in [0.15, 0.2) is 36.5 Å². The van der Waals surface area contributed by atoms with Gasteiger partial charge in [0.1, 0.15) is 9.88 Å². The van der Waals surface area contributed by atoms with Gasteiger partial charge in [-0.1, -0.05) is 30.3 Å². The molecule has 2 heterocycles. The number of aromatic nitrogens is 1. The summed E-state index contributed by atoms with van der Waals surface area (Å²) in [6, 6.07) is 10.2. The number of carbonyl (C=O) groups excluding carboxylic acids is 1. The molecule has 1 aliphatic rings. The molecule has 0 aliphatic carbocycles. The van der Waals surface area contributed by atoms with Crippen molar-refractivity contribution in [2.45, 2.75) is 19.4 Å². The van der Waals surface area contributed by atoms with Crippen LogP contribution in [-0.2, 0) is 0 Å². The fourth-order valence-corrected chi connectivity index (χ4v) is 3.70. The number of amides is 1. The number of carbonyl (C=O) groups is 1. The van der Waals surface area contributed by atoms with Gasteiger partial charge in [0.05, 0.1) is 6.20 Å². The van der Waals surface area contributed by atoms with Crippen LogP contribution in [0.25, 0.3) is 10.6 Å². The largest absolute Gasteiger partial charge is 0.335 e. The first kappa shape index (κ1) is 19.9. The Labute approximate surface area is 152 Å². The van der Waals surface area contributed by atoms with Crippen LogP contribution in [0.1, 0.15) is 23.0 Å². The molecule has 2 N–H and O–H groups in total. The van der Waals surface area contributed by atoms with Gasteiger partial charge in [-0.15, -0.1) is 36.2 Å². The maximum Gasteiger partial charge on any atom is 0.265 e. The zero-order chi connectivity index (χ0) is 14.8. The predicted molar refractivity (Wildman–Crippen MR) is 99.7 cm³/mol. The van der Waals surface area contributed by atoms with E-state index in [-0.39, 0.29) is 36.8 Å². The minimum absolute atomic E-state index is 0. The lowest BCUT2D eigenvalue weighted by molar-refractivity contribution is 0.0748. The molecule has 0 spiro atoms. The SMILES string of the molecule is CC1CC(CN)CN1C(=O)c1cnc(-c2ccccc2)s1.Cl.Cl. The highest BCUT2D eigenvalue weighted by atomic mass is 35.5. The van der Waals surface area contributed by atoms with Gasteiger partial charge in [0.2, 0.25) is 0 Å². The number of benzene rings is 1. The minimum atomic E-state index is 0. The van der Waals surface area contributed by atoms with Gasteiger partial charge in [0, 0.05) is 18.2 Å². The lowest BCUT2D eigenvalue weighted by atomic mass is 10.1. The maximum absolute atomic E-state index is 12.6. The van der Waals surface area contributed by atoms with E-state index in [1.807, 2.05) is 35.2 Å². The number of nitrogens with two attached hydrogens (primary N) is 1. The summed E-state index contributed by atoms with van der Waals surface area (Å²) in [5, 5.41) is 0.890. The molecule has 0 radical (unpaired) electrons. The quantitative estimate of drug-likeness (QED) is 0.895. The molecule has 126 valence electrons. The van der Waals surface area contributed by atoms with Crippen molar-refractivity contribution < 1.29 is 4.79 Å². The highest BCUT2D eigenvalue weighted by Crippen LogP contribution is 2.29. The van der Waals surface area contributed by atoms with Crippen LogP contribution in [-0.4, -0.2) is 34.9 Å². The van der Waals surface area contributed by atoms with Crippen molar-refractivity contribution in [3.8, 4) is 10.6 Å². The van der Waals surface area contributed by atoms with Crippen LogP contribution in [0.5, 0.6) is 0 Å². The van der Waals surface area contributed by atoms with Crippen LogP contribution < -0.4 is 5.73 Å². The Morgan fingerprint density at radius 2 is 2.04 bits per heavy atom. The third-order valence-corrected chi connectivity index (χ3v) is 5.03. The number of hydrogen-bond donors (Lipinski definition) is 1. The zero-order valence-corrected chi connectivity index (χ0v) is 15.3. The smallest absolute Gasteiger partial charge is 0.265 e. The fourth-order valence-electron chi connectivity index (χ4n) is 2.82. The molecule has 23 heavy (non-hydrogen) atoms. The third-order valence-electron chi connectivity index (χ3n) is 3.99. The molecule has 0 bridgehead atoms. The van der Waals surface area contributed by atoms with Crippen molar-refractivity contribution in [1.82, 2.24) is 9.88 Å². The van der Waals surface area contributed by atoms with Crippen molar-refractivity contribution >= 4 is 42.1 Å². The van der Waals surface area contributed by atoms with Crippen LogP contribution in [0.3, 0.4) is 0 Å². The second-order valence-electron chi connectivity index (χ2n) is 5.54. The van der Waals surface area contributed by atoms with Gasteiger partial charge < -0.3 is 10.6 Å². The molecule has 1 aliphatic heterocycles. The Morgan fingerprint density at radius 1 is 1.35 bits per heavy atom. The predicted octanol–water partition coefficient (Wildman–Crippen LogP) is 3.46. The molecule has 2 atom stereocenters. The number of likely N-dealkylation sites (tertiary alicyclic amines) is 1. The fraction of sp³-hybridized carbons (Fsp3) is 0.375. The van der Waals surface area contributed by atoms with Crippen LogP contribution in [0, 0.1) is 5.92 Å². The Balaban J connectivity index is 0.00000132. The Bertz CT molecular complexity index is 635. The molecule has 1 saturated heterocycles. The number of rotatable bonds is 3. The topological polar surface area (TPSA) is 59.2 Å². The van der Waals surface area contributed by atoms with E-state index in [9.17, 15) is 4.79 Å². The van der Waals surface area contributed by atoms with Crippen LogP contribution in [0.4, 0.5) is 0 Å². The van der Waals surface area contributed by atoms with Crippen molar-refractivity contribution in [3.63, 3.8) is 0 Å². The first-order valence-corrected chi connectivity index (χ1v) is 8.03. The zero-order valence-electron chi connectivity index (χ0n) is 12.8. The van der Waals surface area contributed by atoms with Gasteiger partial charge in [-0.05, 0) is 25.8 Å². The minimum Gasteiger partial charge on any atom is -0.335 e. The van der Waals surface area contributed by atoms with Gasteiger partial charge in [-0.3, -0.25) is 4.79 Å². The summed E-state index contributed by atoms with van der Waals surface area (Å²) in [5.41, 5.74) is 6.78. The maximum atomic E-state index is 12.6. The molecule has 0 saturated carbocycles. The van der Waals surface area contributed by atoms with Crippen molar-refractivity contribution in [1.29, 1.82) is 0 Å². The monoisotopic (exact) mass is 373 g/mol. The van der Waals surface area contributed by atoms with E-state index in [1.165, 1.54) is 11.3 Å². The molecule has 2 unspecified atom stereocenters. The molecule has 1 fully saturated rings. The summed E-state index contributed by atoms with van der Waals surface area (Å²) in [4.78, 5) is 19.6. The summed E-state index contributed by atoms with van der Waals surface area (Å²) in [6.07, 6.45) is 2.68. The highest BCUT2D eigenvalue weighted by molar-refractivity contribution is 7.16. The molecular formula is C16H21Cl2N3OS.